The number of ketones is 1. The van der Waals surface area contributed by atoms with Gasteiger partial charge in [0, 0.05) is 17.9 Å². The van der Waals surface area contributed by atoms with Crippen molar-refractivity contribution in [2.24, 2.45) is 10.4 Å². The quantitative estimate of drug-likeness (QED) is 0.557. The van der Waals surface area contributed by atoms with Crippen LogP contribution in [0.1, 0.15) is 25.8 Å². The van der Waals surface area contributed by atoms with E-state index in [1.54, 1.807) is 19.1 Å². The van der Waals surface area contributed by atoms with Crippen LogP contribution in [0.4, 0.5) is 18.9 Å². The minimum Gasteiger partial charge on any atom is -0.465 e. The van der Waals surface area contributed by atoms with Crippen LogP contribution in [0, 0.1) is 5.41 Å². The second-order valence-corrected chi connectivity index (χ2v) is 7.56. The first-order valence-electron chi connectivity index (χ1n) is 9.54. The van der Waals surface area contributed by atoms with E-state index in [0.29, 0.717) is 22.7 Å². The maximum absolute atomic E-state index is 13.7. The maximum Gasteiger partial charge on any atom is 0.471 e. The molecule has 0 saturated heterocycles. The Morgan fingerprint density at radius 1 is 1.27 bits per heavy atom. The fraction of sp³-hybridized carbons (Fsp3) is 0.429. The van der Waals surface area contributed by atoms with Crippen LogP contribution in [-0.2, 0) is 24.5 Å². The van der Waals surface area contributed by atoms with Gasteiger partial charge in [0.1, 0.15) is 0 Å². The van der Waals surface area contributed by atoms with E-state index in [-0.39, 0.29) is 18.7 Å². The number of halogens is 3. The van der Waals surface area contributed by atoms with Crippen molar-refractivity contribution >= 4 is 29.1 Å². The zero-order valence-electron chi connectivity index (χ0n) is 16.3. The van der Waals surface area contributed by atoms with Gasteiger partial charge in [0.2, 0.25) is 0 Å². The molecule has 158 valence electrons. The van der Waals surface area contributed by atoms with Gasteiger partial charge >= 0.3 is 18.1 Å². The largest absolute Gasteiger partial charge is 0.471 e. The first-order chi connectivity index (χ1) is 14.1. The molecule has 0 radical (unpaired) electrons. The van der Waals surface area contributed by atoms with Crippen molar-refractivity contribution < 1.29 is 32.3 Å². The Morgan fingerprint density at radius 3 is 2.60 bits per heavy atom. The fourth-order valence-electron chi connectivity index (χ4n) is 5.08. The standard InChI is InChI=1S/C21H19F3N2O4/c1-3-30-18(29)19(12(2)27)9-8-15-20(10-11-25-15)13-6-4-5-7-14(13)26(16(19)20)17(28)21(22,23)24/h4-9,16H,3,10-11H2,1-2H3. The van der Waals surface area contributed by atoms with Gasteiger partial charge in [0.15, 0.2) is 11.2 Å². The van der Waals surface area contributed by atoms with Gasteiger partial charge in [0.25, 0.3) is 0 Å². The predicted octanol–water partition coefficient (Wildman–Crippen LogP) is 2.75. The van der Waals surface area contributed by atoms with Gasteiger partial charge < -0.3 is 4.74 Å². The van der Waals surface area contributed by atoms with Gasteiger partial charge in [-0.15, -0.1) is 0 Å². The summed E-state index contributed by atoms with van der Waals surface area (Å²) >= 11 is 0. The zero-order chi connectivity index (χ0) is 21.9. The number of aliphatic imine (C=N–C) groups is 1. The Balaban J connectivity index is 2.07. The molecule has 4 rings (SSSR count). The number of allylic oxidation sites excluding steroid dienone is 1. The summed E-state index contributed by atoms with van der Waals surface area (Å²) in [7, 11) is 0. The van der Waals surface area contributed by atoms with Gasteiger partial charge in [-0.05, 0) is 38.0 Å². The van der Waals surface area contributed by atoms with Crippen molar-refractivity contribution in [3.8, 4) is 0 Å². The lowest BCUT2D eigenvalue weighted by atomic mass is 9.57. The minimum atomic E-state index is -5.20. The smallest absolute Gasteiger partial charge is 0.465 e. The second-order valence-electron chi connectivity index (χ2n) is 7.56. The summed E-state index contributed by atoms with van der Waals surface area (Å²) in [6.45, 7) is 2.90. The molecule has 0 saturated carbocycles. The zero-order valence-corrected chi connectivity index (χ0v) is 16.3. The number of carbonyl (C=O) groups is 3. The Morgan fingerprint density at radius 2 is 1.97 bits per heavy atom. The van der Waals surface area contributed by atoms with Crippen LogP contribution < -0.4 is 4.90 Å². The van der Waals surface area contributed by atoms with Crippen molar-refractivity contribution in [3.63, 3.8) is 0 Å². The van der Waals surface area contributed by atoms with Crippen LogP contribution in [0.25, 0.3) is 0 Å². The number of benzene rings is 1. The van der Waals surface area contributed by atoms with Crippen molar-refractivity contribution in [1.29, 1.82) is 0 Å². The van der Waals surface area contributed by atoms with Crippen LogP contribution in [0.5, 0.6) is 0 Å². The molecule has 0 aromatic heterocycles. The molecule has 30 heavy (non-hydrogen) atoms. The molecule has 9 heteroatoms. The number of amides is 1. The summed E-state index contributed by atoms with van der Waals surface area (Å²) in [4.78, 5) is 43.7. The van der Waals surface area contributed by atoms with Crippen molar-refractivity contribution in [3.05, 3.63) is 42.0 Å². The lowest BCUT2D eigenvalue weighted by molar-refractivity contribution is -0.172. The highest BCUT2D eigenvalue weighted by Gasteiger charge is 2.70. The van der Waals surface area contributed by atoms with Crippen molar-refractivity contribution in [2.45, 2.75) is 37.9 Å². The number of para-hydroxylation sites is 1. The van der Waals surface area contributed by atoms with E-state index in [9.17, 15) is 27.6 Å². The summed E-state index contributed by atoms with van der Waals surface area (Å²) in [5.74, 6) is -3.80. The number of hydrogen-bond donors (Lipinski definition) is 0. The average molecular weight is 420 g/mol. The molecule has 2 aliphatic heterocycles. The summed E-state index contributed by atoms with van der Waals surface area (Å²) in [5, 5.41) is 0. The number of esters is 1. The monoisotopic (exact) mass is 420 g/mol. The molecule has 1 aliphatic carbocycles. The molecule has 0 N–H and O–H groups in total. The molecule has 3 atom stereocenters. The van der Waals surface area contributed by atoms with Gasteiger partial charge in [-0.3, -0.25) is 24.3 Å². The van der Waals surface area contributed by atoms with Crippen LogP contribution in [0.15, 0.2) is 41.4 Å². The minimum absolute atomic E-state index is 0.0260. The SMILES string of the molecule is CCOC(=O)C1(C(C)=O)C=CC2=NCCC23c2ccccc2N(C(=O)C(F)(F)F)C13. The number of fused-ring (bicyclic) bond motifs is 1. The number of alkyl halides is 3. The van der Waals surface area contributed by atoms with E-state index in [2.05, 4.69) is 4.99 Å². The molecule has 3 aliphatic rings. The first-order valence-corrected chi connectivity index (χ1v) is 9.54. The first kappa shape index (κ1) is 20.3. The van der Waals surface area contributed by atoms with Crippen LogP contribution >= 0.6 is 0 Å². The third kappa shape index (κ3) is 2.37. The normalized spacial score (nSPS) is 29.0. The summed E-state index contributed by atoms with van der Waals surface area (Å²) in [6, 6.07) is 4.74. The van der Waals surface area contributed by atoms with E-state index in [0.717, 1.165) is 6.92 Å². The number of ether oxygens (including phenoxy) is 1. The molecule has 1 aromatic rings. The highest BCUT2D eigenvalue weighted by Crippen LogP contribution is 2.59. The topological polar surface area (TPSA) is 76.0 Å². The molecular formula is C21H19F3N2O4. The van der Waals surface area contributed by atoms with Gasteiger partial charge in [-0.2, -0.15) is 13.2 Å². The van der Waals surface area contributed by atoms with Crippen LogP contribution in [-0.4, -0.2) is 48.7 Å². The highest BCUT2D eigenvalue weighted by atomic mass is 19.4. The molecule has 0 bridgehead atoms. The number of anilines is 1. The fourth-order valence-corrected chi connectivity index (χ4v) is 5.08. The number of rotatable bonds is 3. The Bertz CT molecular complexity index is 1020. The molecule has 0 fully saturated rings. The van der Waals surface area contributed by atoms with Crippen LogP contribution in [0.3, 0.4) is 0 Å². The highest BCUT2D eigenvalue weighted by molar-refractivity contribution is 6.19. The summed E-state index contributed by atoms with van der Waals surface area (Å²) in [5.41, 5.74) is -2.36. The summed E-state index contributed by atoms with van der Waals surface area (Å²) < 4.78 is 46.1. The predicted molar refractivity (Wildman–Crippen MR) is 101 cm³/mol. The third-order valence-electron chi connectivity index (χ3n) is 6.21. The Hall–Kier alpha value is -2.97. The van der Waals surface area contributed by atoms with Crippen molar-refractivity contribution in [1.82, 2.24) is 0 Å². The van der Waals surface area contributed by atoms with E-state index >= 15 is 0 Å². The Labute approximate surface area is 170 Å². The maximum atomic E-state index is 13.7. The molecule has 1 amide bonds. The molecule has 2 heterocycles. The number of carbonyl (C=O) groups excluding carboxylic acids is 3. The van der Waals surface area contributed by atoms with E-state index in [4.69, 9.17) is 4.74 Å². The van der Waals surface area contributed by atoms with Gasteiger partial charge in [-0.25, -0.2) is 0 Å². The molecular weight excluding hydrogens is 401 g/mol. The van der Waals surface area contributed by atoms with E-state index < -0.39 is 40.7 Å². The lowest BCUT2D eigenvalue weighted by Gasteiger charge is -2.47. The number of Topliss-reactive ketones (excluding diaryl/α,β-unsaturated/α-hetero) is 1. The lowest BCUT2D eigenvalue weighted by Crippen LogP contribution is -2.66. The van der Waals surface area contributed by atoms with E-state index in [1.165, 1.54) is 24.3 Å². The molecule has 3 unspecified atom stereocenters. The number of hydrogen-bond acceptors (Lipinski definition) is 5. The molecule has 1 aromatic carbocycles. The summed E-state index contributed by atoms with van der Waals surface area (Å²) in [6.07, 6.45) is -2.17. The van der Waals surface area contributed by atoms with E-state index in [1.807, 2.05) is 0 Å². The van der Waals surface area contributed by atoms with Crippen molar-refractivity contribution in [2.75, 3.05) is 18.1 Å². The Kier molecular flexibility index (Phi) is 4.41. The second kappa shape index (κ2) is 6.52. The van der Waals surface area contributed by atoms with Gasteiger partial charge in [0.05, 0.1) is 18.1 Å². The third-order valence-corrected chi connectivity index (χ3v) is 6.21. The van der Waals surface area contributed by atoms with Gasteiger partial charge in [-0.1, -0.05) is 24.3 Å². The average Bonchev–Trinajstić information content (AvgIpc) is 3.24. The van der Waals surface area contributed by atoms with Crippen LogP contribution in [0.2, 0.25) is 0 Å². The molecule has 1 spiro atoms. The molecule has 6 nitrogen and oxygen atoms in total. The number of nitrogens with zero attached hydrogens (tertiary/aromatic N) is 2.